The van der Waals surface area contributed by atoms with Gasteiger partial charge >= 0.3 is 18.0 Å². The molecule has 0 saturated carbocycles. The van der Waals surface area contributed by atoms with E-state index in [4.69, 9.17) is 14.2 Å². The predicted molar refractivity (Wildman–Crippen MR) is 74.4 cm³/mol. The molecule has 2 rings (SSSR count). The first kappa shape index (κ1) is 16.3. The molecule has 0 radical (unpaired) electrons. The minimum atomic E-state index is -0.599. The summed E-state index contributed by atoms with van der Waals surface area (Å²) in [6.45, 7) is 4.41. The van der Waals surface area contributed by atoms with Crippen LogP contribution in [0.25, 0.3) is 0 Å². The van der Waals surface area contributed by atoms with Crippen LogP contribution in [-0.4, -0.2) is 54.0 Å². The van der Waals surface area contributed by atoms with Gasteiger partial charge in [-0.3, -0.25) is 14.5 Å². The van der Waals surface area contributed by atoms with Crippen LogP contribution in [-0.2, 0) is 23.8 Å². The fourth-order valence-electron chi connectivity index (χ4n) is 2.39. The Morgan fingerprint density at radius 3 is 2.73 bits per heavy atom. The molecule has 2 aliphatic rings. The maximum absolute atomic E-state index is 12.0. The minimum Gasteiger partial charge on any atom is -0.463 e. The van der Waals surface area contributed by atoms with Gasteiger partial charge in [-0.1, -0.05) is 0 Å². The Bertz CT molecular complexity index is 492. The Labute approximate surface area is 128 Å². The van der Waals surface area contributed by atoms with Crippen molar-refractivity contribution < 1.29 is 28.6 Å². The Kier molecular flexibility index (Phi) is 5.02. The number of carbonyl (C=O) groups is 3. The largest absolute Gasteiger partial charge is 0.463 e. The van der Waals surface area contributed by atoms with E-state index < -0.39 is 30.4 Å². The zero-order chi connectivity index (χ0) is 16.3. The van der Waals surface area contributed by atoms with Gasteiger partial charge in [0.15, 0.2) is 0 Å². The molecule has 0 aromatic carbocycles. The number of esters is 2. The third-order valence-electron chi connectivity index (χ3n) is 3.38. The molecule has 8 heteroatoms. The van der Waals surface area contributed by atoms with Gasteiger partial charge in [-0.15, -0.1) is 0 Å². The number of amides is 2. The number of rotatable bonds is 4. The van der Waals surface area contributed by atoms with Crippen molar-refractivity contribution >= 4 is 18.0 Å². The van der Waals surface area contributed by atoms with Crippen molar-refractivity contribution in [3.63, 3.8) is 0 Å². The van der Waals surface area contributed by atoms with Gasteiger partial charge in [-0.05, 0) is 13.0 Å². The highest BCUT2D eigenvalue weighted by atomic mass is 16.6. The van der Waals surface area contributed by atoms with Gasteiger partial charge in [0.05, 0.1) is 0 Å². The number of carbonyl (C=O) groups excluding carboxylic acids is 3. The fourth-order valence-corrected chi connectivity index (χ4v) is 2.39. The first-order valence-corrected chi connectivity index (χ1v) is 7.10. The molecule has 1 saturated heterocycles. The van der Waals surface area contributed by atoms with Gasteiger partial charge in [0.2, 0.25) is 0 Å². The van der Waals surface area contributed by atoms with Gasteiger partial charge < -0.3 is 19.5 Å². The average Bonchev–Trinajstić information content (AvgIpc) is 2.78. The molecule has 1 fully saturated rings. The van der Waals surface area contributed by atoms with Gasteiger partial charge in [-0.25, -0.2) is 4.79 Å². The first-order chi connectivity index (χ1) is 10.4. The lowest BCUT2D eigenvalue weighted by Gasteiger charge is -2.30. The third kappa shape index (κ3) is 3.97. The number of hydrogen-bond acceptors (Lipinski definition) is 6. The summed E-state index contributed by atoms with van der Waals surface area (Å²) in [5, 5.41) is 2.75. The Balaban J connectivity index is 2.05. The van der Waals surface area contributed by atoms with Crippen LogP contribution in [0.3, 0.4) is 0 Å². The molecular formula is C14H20N2O6. The summed E-state index contributed by atoms with van der Waals surface area (Å²) in [6, 6.07) is -0.332. The van der Waals surface area contributed by atoms with E-state index >= 15 is 0 Å². The zero-order valence-corrected chi connectivity index (χ0v) is 12.8. The second-order valence-corrected chi connectivity index (χ2v) is 5.30. The van der Waals surface area contributed by atoms with Gasteiger partial charge in [0, 0.05) is 32.5 Å². The molecular weight excluding hydrogens is 292 g/mol. The number of ether oxygens (including phenoxy) is 3. The molecule has 1 N–H and O–H groups in total. The van der Waals surface area contributed by atoms with Gasteiger partial charge in [0.25, 0.3) is 0 Å². The fraction of sp³-hybridized carbons (Fsp3) is 0.643. The van der Waals surface area contributed by atoms with E-state index in [0.29, 0.717) is 6.42 Å². The standard InChI is InChI=1S/C14H20N2O6/c1-8-4-5-16(14(19)15-8)13-6-11(21-10(3)18)12(22-13)7-20-9(2)17/h4-5,8,11-13H,6-7H2,1-3H3,(H,15,19)/t8?,11-,12+,13+/m0/s1. The van der Waals surface area contributed by atoms with Crippen LogP contribution in [0.4, 0.5) is 4.79 Å². The topological polar surface area (TPSA) is 94.2 Å². The molecule has 2 aliphatic heterocycles. The molecule has 2 amide bonds. The maximum atomic E-state index is 12.0. The second kappa shape index (κ2) is 6.78. The van der Waals surface area contributed by atoms with Crippen molar-refractivity contribution in [2.75, 3.05) is 6.61 Å². The summed E-state index contributed by atoms with van der Waals surface area (Å²) < 4.78 is 15.9. The first-order valence-electron chi connectivity index (χ1n) is 7.10. The van der Waals surface area contributed by atoms with Crippen LogP contribution in [0.5, 0.6) is 0 Å². The predicted octanol–water partition coefficient (Wildman–Crippen LogP) is 0.524. The van der Waals surface area contributed by atoms with E-state index in [9.17, 15) is 14.4 Å². The van der Waals surface area contributed by atoms with Crippen LogP contribution in [0.1, 0.15) is 27.2 Å². The van der Waals surface area contributed by atoms with E-state index in [-0.39, 0.29) is 18.7 Å². The molecule has 0 aromatic heterocycles. The van der Waals surface area contributed by atoms with E-state index in [1.165, 1.54) is 18.7 Å². The summed E-state index contributed by atoms with van der Waals surface area (Å²) >= 11 is 0. The van der Waals surface area contributed by atoms with Crippen LogP contribution in [0.2, 0.25) is 0 Å². The summed E-state index contributed by atoms with van der Waals surface area (Å²) in [6.07, 6.45) is 2.05. The zero-order valence-electron chi connectivity index (χ0n) is 12.8. The van der Waals surface area contributed by atoms with Crippen molar-refractivity contribution in [2.45, 2.75) is 51.7 Å². The second-order valence-electron chi connectivity index (χ2n) is 5.30. The van der Waals surface area contributed by atoms with E-state index in [0.717, 1.165) is 0 Å². The van der Waals surface area contributed by atoms with Crippen LogP contribution in [0.15, 0.2) is 12.3 Å². The molecule has 1 unspecified atom stereocenters. The Hall–Kier alpha value is -2.09. The van der Waals surface area contributed by atoms with E-state index in [1.807, 2.05) is 13.0 Å². The lowest BCUT2D eigenvalue weighted by molar-refractivity contribution is -0.155. The number of hydrogen-bond donors (Lipinski definition) is 1. The molecule has 0 spiro atoms. The number of nitrogens with one attached hydrogen (secondary N) is 1. The summed E-state index contributed by atoms with van der Waals surface area (Å²) in [4.78, 5) is 35.5. The highest BCUT2D eigenvalue weighted by molar-refractivity contribution is 5.77. The molecule has 0 bridgehead atoms. The minimum absolute atomic E-state index is 0.0284. The van der Waals surface area contributed by atoms with Crippen LogP contribution >= 0.6 is 0 Å². The molecule has 122 valence electrons. The highest BCUT2D eigenvalue weighted by Crippen LogP contribution is 2.27. The van der Waals surface area contributed by atoms with Crippen LogP contribution < -0.4 is 5.32 Å². The molecule has 0 aromatic rings. The lowest BCUT2D eigenvalue weighted by atomic mass is 10.1. The maximum Gasteiger partial charge on any atom is 0.323 e. The summed E-state index contributed by atoms with van der Waals surface area (Å²) in [5.41, 5.74) is 0. The quantitative estimate of drug-likeness (QED) is 0.761. The van der Waals surface area contributed by atoms with Crippen LogP contribution in [0, 0.1) is 0 Å². The van der Waals surface area contributed by atoms with Crippen molar-refractivity contribution in [3.05, 3.63) is 12.3 Å². The van der Waals surface area contributed by atoms with E-state index in [1.54, 1.807) is 6.20 Å². The molecule has 4 atom stereocenters. The summed E-state index contributed by atoms with van der Waals surface area (Å²) in [7, 11) is 0. The van der Waals surface area contributed by atoms with Crippen molar-refractivity contribution in [2.24, 2.45) is 0 Å². The average molecular weight is 312 g/mol. The molecule has 8 nitrogen and oxygen atoms in total. The number of urea groups is 1. The molecule has 22 heavy (non-hydrogen) atoms. The highest BCUT2D eigenvalue weighted by Gasteiger charge is 2.42. The van der Waals surface area contributed by atoms with Crippen molar-refractivity contribution in [1.29, 1.82) is 0 Å². The third-order valence-corrected chi connectivity index (χ3v) is 3.38. The van der Waals surface area contributed by atoms with Crippen molar-refractivity contribution in [3.8, 4) is 0 Å². The number of nitrogens with zero attached hydrogens (tertiary/aromatic N) is 1. The summed E-state index contributed by atoms with van der Waals surface area (Å²) in [5.74, 6) is -0.896. The monoisotopic (exact) mass is 312 g/mol. The normalized spacial score (nSPS) is 30.9. The Morgan fingerprint density at radius 1 is 1.41 bits per heavy atom. The molecule has 2 heterocycles. The smallest absolute Gasteiger partial charge is 0.323 e. The molecule has 0 aliphatic carbocycles. The lowest BCUT2D eigenvalue weighted by Crippen LogP contribution is -2.48. The van der Waals surface area contributed by atoms with Gasteiger partial charge in [-0.2, -0.15) is 0 Å². The van der Waals surface area contributed by atoms with Crippen molar-refractivity contribution in [1.82, 2.24) is 10.2 Å². The van der Waals surface area contributed by atoms with Gasteiger partial charge in [0.1, 0.15) is 25.0 Å². The SMILES string of the molecule is CC(=O)OC[C@H]1O[C@@H](N2C=CC(C)NC2=O)C[C@@H]1OC(C)=O. The van der Waals surface area contributed by atoms with E-state index in [2.05, 4.69) is 5.32 Å². The Morgan fingerprint density at radius 2 is 2.14 bits per heavy atom.